The summed E-state index contributed by atoms with van der Waals surface area (Å²) in [6.07, 6.45) is 0.0676. The third-order valence-electron chi connectivity index (χ3n) is 2.25. The van der Waals surface area contributed by atoms with Crippen molar-refractivity contribution in [3.63, 3.8) is 0 Å². The Morgan fingerprint density at radius 3 is 2.43 bits per heavy atom. The van der Waals surface area contributed by atoms with Gasteiger partial charge >= 0.3 is 6.09 Å². The number of nitrogens with one attached hydrogen (secondary N) is 1. The van der Waals surface area contributed by atoms with Crippen molar-refractivity contribution >= 4 is 16.1 Å². The Balaban J connectivity index is 2.62. The molecule has 2 atom stereocenters. The maximum atomic E-state index is 10.9. The summed E-state index contributed by atoms with van der Waals surface area (Å²) in [5, 5.41) is 8.70. The van der Waals surface area contributed by atoms with Gasteiger partial charge in [-0.25, -0.2) is 17.9 Å². The summed E-state index contributed by atoms with van der Waals surface area (Å²) in [7, 11) is -3.26. The van der Waals surface area contributed by atoms with E-state index in [4.69, 9.17) is 5.11 Å². The quantitative estimate of drug-likeness (QED) is 0.661. The summed E-state index contributed by atoms with van der Waals surface area (Å²) in [5.41, 5.74) is 0. The molecule has 0 saturated carbocycles. The second-order valence-corrected chi connectivity index (χ2v) is 5.44. The predicted octanol–water partition coefficient (Wildman–Crippen LogP) is -0.466. The van der Waals surface area contributed by atoms with Crippen LogP contribution in [-0.2, 0) is 10.0 Å². The Kier molecular flexibility index (Phi) is 3.01. The highest BCUT2D eigenvalue weighted by atomic mass is 32.2. The van der Waals surface area contributed by atoms with Gasteiger partial charge in [0, 0.05) is 19.1 Å². The molecule has 82 valence electrons. The van der Waals surface area contributed by atoms with Crippen LogP contribution in [0.5, 0.6) is 0 Å². The molecule has 1 amide bonds. The molecule has 1 heterocycles. The summed E-state index contributed by atoms with van der Waals surface area (Å²) in [6, 6.07) is -0.305. The van der Waals surface area contributed by atoms with Gasteiger partial charge in [-0.3, -0.25) is 0 Å². The summed E-state index contributed by atoms with van der Waals surface area (Å²) >= 11 is 0. The van der Waals surface area contributed by atoms with E-state index in [0.717, 1.165) is 6.26 Å². The molecule has 0 bridgehead atoms. The van der Waals surface area contributed by atoms with Crippen molar-refractivity contribution < 1.29 is 18.3 Å². The summed E-state index contributed by atoms with van der Waals surface area (Å²) in [4.78, 5) is 11.8. The first-order valence-electron chi connectivity index (χ1n) is 4.25. The van der Waals surface area contributed by atoms with Gasteiger partial charge in [0.05, 0.1) is 6.26 Å². The normalized spacial score (nSPS) is 28.0. The first-order chi connectivity index (χ1) is 6.29. The van der Waals surface area contributed by atoms with Crippen LogP contribution in [0.25, 0.3) is 0 Å². The van der Waals surface area contributed by atoms with Crippen molar-refractivity contribution in [2.45, 2.75) is 13.0 Å². The molecule has 0 aromatic carbocycles. The zero-order valence-electron chi connectivity index (χ0n) is 8.10. The highest BCUT2D eigenvalue weighted by Crippen LogP contribution is 2.16. The van der Waals surface area contributed by atoms with E-state index in [1.807, 2.05) is 6.92 Å². The Bertz CT molecular complexity index is 327. The highest BCUT2D eigenvalue weighted by molar-refractivity contribution is 7.88. The van der Waals surface area contributed by atoms with Gasteiger partial charge in [-0.1, -0.05) is 6.92 Å². The highest BCUT2D eigenvalue weighted by Gasteiger charge is 2.33. The lowest BCUT2D eigenvalue weighted by Gasteiger charge is -2.13. The Hall–Kier alpha value is -0.820. The third kappa shape index (κ3) is 2.85. The Morgan fingerprint density at radius 1 is 1.50 bits per heavy atom. The van der Waals surface area contributed by atoms with Crippen LogP contribution in [0, 0.1) is 5.92 Å². The smallest absolute Gasteiger partial charge is 0.407 e. The van der Waals surface area contributed by atoms with Crippen LogP contribution in [-0.4, -0.2) is 49.9 Å². The van der Waals surface area contributed by atoms with Gasteiger partial charge in [0.1, 0.15) is 0 Å². The molecule has 6 nitrogen and oxygen atoms in total. The molecule has 0 aromatic rings. The largest absolute Gasteiger partial charge is 0.465 e. The number of sulfonamides is 1. The summed E-state index contributed by atoms with van der Waals surface area (Å²) < 4.78 is 24.3. The molecule has 1 rings (SSSR count). The van der Waals surface area contributed by atoms with Crippen molar-refractivity contribution in [3.05, 3.63) is 0 Å². The minimum absolute atomic E-state index is 0.0147. The third-order valence-corrected chi connectivity index (χ3v) is 2.98. The Labute approximate surface area is 82.9 Å². The first-order valence-corrected chi connectivity index (χ1v) is 6.14. The van der Waals surface area contributed by atoms with E-state index in [9.17, 15) is 13.2 Å². The van der Waals surface area contributed by atoms with E-state index in [1.165, 1.54) is 4.90 Å². The van der Waals surface area contributed by atoms with Crippen LogP contribution >= 0.6 is 0 Å². The fraction of sp³-hybridized carbons (Fsp3) is 0.857. The zero-order chi connectivity index (χ0) is 10.9. The van der Waals surface area contributed by atoms with E-state index < -0.39 is 16.1 Å². The van der Waals surface area contributed by atoms with Crippen LogP contribution in [0.2, 0.25) is 0 Å². The van der Waals surface area contributed by atoms with Gasteiger partial charge in [-0.2, -0.15) is 0 Å². The number of nitrogens with zero attached hydrogens (tertiary/aromatic N) is 1. The van der Waals surface area contributed by atoms with Gasteiger partial charge in [-0.15, -0.1) is 0 Å². The molecular weight excluding hydrogens is 208 g/mol. The maximum Gasteiger partial charge on any atom is 0.407 e. The van der Waals surface area contributed by atoms with Crippen LogP contribution in [0.4, 0.5) is 4.79 Å². The first kappa shape index (κ1) is 11.3. The number of amides is 1. The molecule has 0 unspecified atom stereocenters. The van der Waals surface area contributed by atoms with Gasteiger partial charge in [0.2, 0.25) is 10.0 Å². The van der Waals surface area contributed by atoms with Crippen LogP contribution in [0.3, 0.4) is 0 Å². The van der Waals surface area contributed by atoms with E-state index >= 15 is 0 Å². The molecule has 14 heavy (non-hydrogen) atoms. The number of hydrogen-bond acceptors (Lipinski definition) is 3. The van der Waals surface area contributed by atoms with Gasteiger partial charge in [0.15, 0.2) is 0 Å². The fourth-order valence-corrected chi connectivity index (χ4v) is 2.41. The number of carbonyl (C=O) groups is 1. The molecule has 2 N–H and O–H groups in total. The average molecular weight is 222 g/mol. The molecule has 7 heteroatoms. The molecule has 0 aromatic heterocycles. The zero-order valence-corrected chi connectivity index (χ0v) is 8.91. The van der Waals surface area contributed by atoms with Crippen molar-refractivity contribution in [1.82, 2.24) is 9.62 Å². The van der Waals surface area contributed by atoms with Crippen molar-refractivity contribution in [3.8, 4) is 0 Å². The van der Waals surface area contributed by atoms with E-state index in [0.29, 0.717) is 6.54 Å². The second kappa shape index (κ2) is 3.74. The lowest BCUT2D eigenvalue weighted by molar-refractivity contribution is 0.154. The molecule has 1 saturated heterocycles. The number of rotatable bonds is 2. The number of likely N-dealkylation sites (tertiary alicyclic amines) is 1. The molecule has 0 spiro atoms. The second-order valence-electron chi connectivity index (χ2n) is 3.66. The minimum Gasteiger partial charge on any atom is -0.465 e. The maximum absolute atomic E-state index is 10.9. The van der Waals surface area contributed by atoms with E-state index in [2.05, 4.69) is 4.72 Å². The molecule has 1 fully saturated rings. The molecule has 1 aliphatic heterocycles. The lowest BCUT2D eigenvalue weighted by Crippen LogP contribution is -2.39. The van der Waals surface area contributed by atoms with Gasteiger partial charge in [-0.05, 0) is 5.92 Å². The van der Waals surface area contributed by atoms with E-state index in [1.54, 1.807) is 0 Å². The van der Waals surface area contributed by atoms with Gasteiger partial charge < -0.3 is 10.0 Å². The number of hydrogen-bond donors (Lipinski definition) is 2. The van der Waals surface area contributed by atoms with E-state index in [-0.39, 0.29) is 18.5 Å². The standard InChI is InChI=1S/C7H14N2O4S/c1-5-3-9(7(10)11)4-6(5)8-14(2,12)13/h5-6,8H,3-4H2,1-2H3,(H,10,11)/t5-,6-/m1/s1. The summed E-state index contributed by atoms with van der Waals surface area (Å²) in [6.45, 7) is 2.43. The SMILES string of the molecule is C[C@@H]1CN(C(=O)O)C[C@H]1NS(C)(=O)=O. The summed E-state index contributed by atoms with van der Waals surface area (Å²) in [5.74, 6) is 0.0147. The fourth-order valence-electron chi connectivity index (χ4n) is 1.55. The topological polar surface area (TPSA) is 86.7 Å². The van der Waals surface area contributed by atoms with Crippen LogP contribution in [0.15, 0.2) is 0 Å². The lowest BCUT2D eigenvalue weighted by atomic mass is 10.1. The van der Waals surface area contributed by atoms with Gasteiger partial charge in [0.25, 0.3) is 0 Å². The number of carboxylic acid groups (broad SMARTS) is 1. The monoisotopic (exact) mass is 222 g/mol. The van der Waals surface area contributed by atoms with Crippen LogP contribution in [0.1, 0.15) is 6.92 Å². The Morgan fingerprint density at radius 2 is 2.07 bits per heavy atom. The van der Waals surface area contributed by atoms with Crippen LogP contribution < -0.4 is 4.72 Å². The van der Waals surface area contributed by atoms with Crippen molar-refractivity contribution in [1.29, 1.82) is 0 Å². The van der Waals surface area contributed by atoms with Crippen molar-refractivity contribution in [2.75, 3.05) is 19.3 Å². The average Bonchev–Trinajstić information content (AvgIpc) is 2.29. The van der Waals surface area contributed by atoms with Crippen molar-refractivity contribution in [2.24, 2.45) is 5.92 Å². The molecule has 1 aliphatic rings. The molecule has 0 aliphatic carbocycles. The molecular formula is C7H14N2O4S. The minimum atomic E-state index is -3.26. The predicted molar refractivity (Wildman–Crippen MR) is 50.5 cm³/mol. The molecule has 0 radical (unpaired) electrons.